The number of allylic oxidation sites excluding steroid dienone is 1. The van der Waals surface area contributed by atoms with Crippen molar-refractivity contribution in [3.63, 3.8) is 0 Å². The zero-order valence-corrected chi connectivity index (χ0v) is 15.5. The predicted molar refractivity (Wildman–Crippen MR) is 105 cm³/mol. The molecule has 3 rings (SSSR count). The molecule has 3 aromatic rings. The highest BCUT2D eigenvalue weighted by Crippen LogP contribution is 2.25. The van der Waals surface area contributed by atoms with Crippen molar-refractivity contribution < 1.29 is 9.47 Å². The lowest BCUT2D eigenvalue weighted by Gasteiger charge is -2.09. The van der Waals surface area contributed by atoms with Crippen LogP contribution in [0.3, 0.4) is 0 Å². The Bertz CT molecular complexity index is 832. The van der Waals surface area contributed by atoms with E-state index in [-0.39, 0.29) is 0 Å². The first kappa shape index (κ1) is 18.1. The number of benzene rings is 2. The monoisotopic (exact) mass is 367 g/mol. The molecule has 0 aliphatic heterocycles. The van der Waals surface area contributed by atoms with Crippen LogP contribution in [0.1, 0.15) is 0 Å². The van der Waals surface area contributed by atoms with Crippen molar-refractivity contribution in [2.45, 2.75) is 11.7 Å². The molecule has 0 unspecified atom stereocenters. The molecule has 1 aromatic heterocycles. The van der Waals surface area contributed by atoms with Crippen LogP contribution in [-0.4, -0.2) is 34.2 Å². The molecule has 0 N–H and O–H groups in total. The van der Waals surface area contributed by atoms with Crippen LogP contribution in [0.5, 0.6) is 11.5 Å². The highest BCUT2D eigenvalue weighted by Gasteiger charge is 2.13. The molecule has 0 fully saturated rings. The van der Waals surface area contributed by atoms with Crippen molar-refractivity contribution in [1.29, 1.82) is 0 Å². The summed E-state index contributed by atoms with van der Waals surface area (Å²) in [5.41, 5.74) is 0.993. The third-order valence-corrected chi connectivity index (χ3v) is 4.63. The Hall–Kier alpha value is -2.73. The Balaban J connectivity index is 1.67. The normalized spacial score (nSPS) is 10.5. The first-order valence-electron chi connectivity index (χ1n) is 8.31. The molecule has 1 heterocycles. The van der Waals surface area contributed by atoms with Gasteiger partial charge in [-0.1, -0.05) is 36.0 Å². The number of ether oxygens (including phenoxy) is 2. The van der Waals surface area contributed by atoms with Gasteiger partial charge in [-0.05, 0) is 36.4 Å². The van der Waals surface area contributed by atoms with Gasteiger partial charge in [0.15, 0.2) is 11.0 Å². The lowest BCUT2D eigenvalue weighted by molar-refractivity contribution is 0.344. The van der Waals surface area contributed by atoms with E-state index < -0.39 is 0 Å². The Morgan fingerprint density at radius 1 is 1.04 bits per heavy atom. The fourth-order valence-electron chi connectivity index (χ4n) is 2.45. The molecule has 0 atom stereocenters. The number of rotatable bonds is 9. The summed E-state index contributed by atoms with van der Waals surface area (Å²) in [4.78, 5) is 0. The minimum atomic E-state index is 0.605. The van der Waals surface area contributed by atoms with Crippen LogP contribution in [0, 0.1) is 0 Å². The van der Waals surface area contributed by atoms with Crippen molar-refractivity contribution in [2.24, 2.45) is 0 Å². The van der Waals surface area contributed by atoms with Crippen LogP contribution < -0.4 is 9.47 Å². The van der Waals surface area contributed by atoms with Gasteiger partial charge in [0.1, 0.15) is 11.5 Å². The summed E-state index contributed by atoms with van der Waals surface area (Å²) in [7, 11) is 1.65. The molecule has 0 bridgehead atoms. The van der Waals surface area contributed by atoms with Gasteiger partial charge in [-0.25, -0.2) is 0 Å². The molecule has 5 nitrogen and oxygen atoms in total. The van der Waals surface area contributed by atoms with Crippen LogP contribution in [0.4, 0.5) is 0 Å². The minimum absolute atomic E-state index is 0.605. The third kappa shape index (κ3) is 4.46. The number of methoxy groups -OCH3 is 1. The second-order valence-electron chi connectivity index (χ2n) is 5.44. The summed E-state index contributed by atoms with van der Waals surface area (Å²) in [6.45, 7) is 5.10. The number of aromatic nitrogens is 3. The van der Waals surface area contributed by atoms with Gasteiger partial charge in [0, 0.05) is 17.9 Å². The predicted octanol–water partition coefficient (Wildman–Crippen LogP) is 4.31. The lowest BCUT2D eigenvalue weighted by Crippen LogP contribution is -2.04. The van der Waals surface area contributed by atoms with Gasteiger partial charge in [0.25, 0.3) is 0 Å². The second-order valence-corrected chi connectivity index (χ2v) is 6.51. The number of nitrogens with zero attached hydrogens (tertiary/aromatic N) is 3. The summed E-state index contributed by atoms with van der Waals surface area (Å²) in [6, 6.07) is 17.6. The summed E-state index contributed by atoms with van der Waals surface area (Å²) in [6.07, 6.45) is 1.85. The van der Waals surface area contributed by atoms with Gasteiger partial charge in [0.05, 0.1) is 13.7 Å². The van der Waals surface area contributed by atoms with Gasteiger partial charge in [-0.15, -0.1) is 16.8 Å². The molecule has 6 heteroatoms. The number of para-hydroxylation sites is 1. The van der Waals surface area contributed by atoms with E-state index in [2.05, 4.69) is 21.3 Å². The largest absolute Gasteiger partial charge is 0.497 e. The van der Waals surface area contributed by atoms with Gasteiger partial charge in [0.2, 0.25) is 0 Å². The van der Waals surface area contributed by atoms with Gasteiger partial charge < -0.3 is 9.47 Å². The van der Waals surface area contributed by atoms with Gasteiger partial charge >= 0.3 is 0 Å². The van der Waals surface area contributed by atoms with Crippen LogP contribution >= 0.6 is 11.8 Å². The summed E-state index contributed by atoms with van der Waals surface area (Å²) in [5, 5.41) is 9.55. The molecule has 0 aliphatic rings. The van der Waals surface area contributed by atoms with Crippen molar-refractivity contribution in [3.05, 3.63) is 67.3 Å². The molecule has 26 heavy (non-hydrogen) atoms. The molecule has 134 valence electrons. The van der Waals surface area contributed by atoms with Crippen LogP contribution in [0.15, 0.2) is 72.4 Å². The van der Waals surface area contributed by atoms with Crippen LogP contribution in [0.2, 0.25) is 0 Å². The Morgan fingerprint density at radius 3 is 2.50 bits per heavy atom. The van der Waals surface area contributed by atoms with Gasteiger partial charge in [-0.3, -0.25) is 4.57 Å². The van der Waals surface area contributed by atoms with Crippen molar-refractivity contribution in [2.75, 3.05) is 19.5 Å². The molecule has 0 aliphatic carbocycles. The number of hydrogen-bond donors (Lipinski definition) is 0. The summed E-state index contributed by atoms with van der Waals surface area (Å²) >= 11 is 1.62. The third-order valence-electron chi connectivity index (χ3n) is 3.70. The van der Waals surface area contributed by atoms with E-state index in [0.717, 1.165) is 33.8 Å². The fraction of sp³-hybridized carbons (Fsp3) is 0.200. The Kier molecular flexibility index (Phi) is 6.33. The zero-order valence-electron chi connectivity index (χ0n) is 14.7. The molecular weight excluding hydrogens is 346 g/mol. The quantitative estimate of drug-likeness (QED) is 0.320. The fourth-order valence-corrected chi connectivity index (χ4v) is 3.22. The summed E-state index contributed by atoms with van der Waals surface area (Å²) in [5.74, 6) is 3.29. The smallest absolute Gasteiger partial charge is 0.191 e. The molecule has 0 saturated heterocycles. The van der Waals surface area contributed by atoms with Crippen molar-refractivity contribution in [3.8, 4) is 22.9 Å². The first-order chi connectivity index (χ1) is 12.8. The van der Waals surface area contributed by atoms with Crippen LogP contribution in [-0.2, 0) is 6.54 Å². The van der Waals surface area contributed by atoms with Crippen molar-refractivity contribution in [1.82, 2.24) is 14.8 Å². The van der Waals surface area contributed by atoms with E-state index in [0.29, 0.717) is 13.2 Å². The highest BCUT2D eigenvalue weighted by atomic mass is 32.2. The average molecular weight is 367 g/mol. The molecule has 0 radical (unpaired) electrons. The van der Waals surface area contributed by atoms with E-state index in [1.54, 1.807) is 18.9 Å². The molecule has 0 amide bonds. The van der Waals surface area contributed by atoms with Crippen molar-refractivity contribution >= 4 is 11.8 Å². The maximum Gasteiger partial charge on any atom is 0.191 e. The zero-order chi connectivity index (χ0) is 18.2. The maximum absolute atomic E-state index is 5.73. The summed E-state index contributed by atoms with van der Waals surface area (Å²) < 4.78 is 13.0. The highest BCUT2D eigenvalue weighted by molar-refractivity contribution is 7.99. The molecule has 0 spiro atoms. The van der Waals surface area contributed by atoms with E-state index >= 15 is 0 Å². The topological polar surface area (TPSA) is 49.2 Å². The Labute approximate surface area is 157 Å². The first-order valence-corrected chi connectivity index (χ1v) is 9.29. The van der Waals surface area contributed by atoms with E-state index in [1.807, 2.05) is 60.7 Å². The lowest BCUT2D eigenvalue weighted by atomic mass is 10.2. The van der Waals surface area contributed by atoms with Crippen LogP contribution in [0.25, 0.3) is 11.4 Å². The van der Waals surface area contributed by atoms with E-state index in [1.165, 1.54) is 0 Å². The molecular formula is C20H21N3O2S. The number of thioether (sulfide) groups is 1. The minimum Gasteiger partial charge on any atom is -0.497 e. The average Bonchev–Trinajstić information content (AvgIpc) is 3.09. The standard InChI is InChI=1S/C20H21N3O2S/c1-3-13-23-19(16-9-11-17(24-2)12-10-16)21-22-20(23)26-15-14-25-18-7-5-4-6-8-18/h3-12H,1,13-15H2,2H3. The van der Waals surface area contributed by atoms with Gasteiger partial charge in [-0.2, -0.15) is 0 Å². The molecule has 0 saturated carbocycles. The van der Waals surface area contributed by atoms with E-state index in [4.69, 9.17) is 9.47 Å². The van der Waals surface area contributed by atoms with E-state index in [9.17, 15) is 0 Å². The number of hydrogen-bond acceptors (Lipinski definition) is 5. The maximum atomic E-state index is 5.73. The molecule has 2 aromatic carbocycles. The Morgan fingerprint density at radius 2 is 1.81 bits per heavy atom. The second kappa shape index (κ2) is 9.10. The SMILES string of the molecule is C=CCn1c(SCCOc2ccccc2)nnc1-c1ccc(OC)cc1.